The van der Waals surface area contributed by atoms with Crippen LogP contribution in [0.1, 0.15) is 31.0 Å². The van der Waals surface area contributed by atoms with Crippen LogP contribution in [0.25, 0.3) is 0 Å². The van der Waals surface area contributed by atoms with E-state index < -0.39 is 6.17 Å². The second kappa shape index (κ2) is 4.71. The Bertz CT molecular complexity index is 321. The van der Waals surface area contributed by atoms with Crippen LogP contribution in [-0.2, 0) is 0 Å². The molecule has 1 nitrogen and oxygen atoms in total. The fourth-order valence-electron chi connectivity index (χ4n) is 2.04. The van der Waals surface area contributed by atoms with Crippen LogP contribution in [0.5, 0.6) is 0 Å². The van der Waals surface area contributed by atoms with Crippen molar-refractivity contribution in [3.63, 3.8) is 0 Å². The number of alkyl halides is 1. The van der Waals surface area contributed by atoms with Crippen LogP contribution in [0.2, 0.25) is 0 Å². The van der Waals surface area contributed by atoms with Crippen molar-refractivity contribution in [2.24, 2.45) is 0 Å². The van der Waals surface area contributed by atoms with E-state index in [-0.39, 0.29) is 11.9 Å². The van der Waals surface area contributed by atoms with Crippen molar-refractivity contribution in [3.05, 3.63) is 35.6 Å². The zero-order valence-electron chi connectivity index (χ0n) is 8.55. The van der Waals surface area contributed by atoms with Crippen molar-refractivity contribution in [2.75, 3.05) is 6.54 Å². The Balaban J connectivity index is 2.08. The van der Waals surface area contributed by atoms with Crippen molar-refractivity contribution < 1.29 is 8.78 Å². The Kier molecular flexibility index (Phi) is 3.31. The Morgan fingerprint density at radius 3 is 2.87 bits per heavy atom. The lowest BCUT2D eigenvalue weighted by Crippen LogP contribution is -2.37. The first kappa shape index (κ1) is 10.6. The Morgan fingerprint density at radius 1 is 1.33 bits per heavy atom. The topological polar surface area (TPSA) is 12.0 Å². The van der Waals surface area contributed by atoms with Gasteiger partial charge in [-0.25, -0.2) is 8.78 Å². The third-order valence-corrected chi connectivity index (χ3v) is 2.87. The number of hydrogen-bond acceptors (Lipinski definition) is 1. The van der Waals surface area contributed by atoms with Gasteiger partial charge in [-0.2, -0.15) is 0 Å². The van der Waals surface area contributed by atoms with E-state index in [9.17, 15) is 8.78 Å². The smallest absolute Gasteiger partial charge is 0.140 e. The van der Waals surface area contributed by atoms with Crippen LogP contribution in [-0.4, -0.2) is 12.6 Å². The number of benzene rings is 1. The van der Waals surface area contributed by atoms with Gasteiger partial charge in [0, 0.05) is 6.04 Å². The summed E-state index contributed by atoms with van der Waals surface area (Å²) in [6, 6.07) is 5.66. The lowest BCUT2D eigenvalue weighted by Gasteiger charge is -2.26. The summed E-state index contributed by atoms with van der Waals surface area (Å²) in [5, 5.41) is 3.14. The second-order valence-corrected chi connectivity index (χ2v) is 4.01. The van der Waals surface area contributed by atoms with Crippen LogP contribution in [0.15, 0.2) is 24.3 Å². The van der Waals surface area contributed by atoms with E-state index in [0.717, 1.165) is 25.8 Å². The van der Waals surface area contributed by atoms with E-state index in [0.29, 0.717) is 5.56 Å². The molecule has 1 fully saturated rings. The van der Waals surface area contributed by atoms with Gasteiger partial charge in [0.2, 0.25) is 0 Å². The highest BCUT2D eigenvalue weighted by atomic mass is 19.1. The number of halogens is 2. The molecule has 3 heteroatoms. The third kappa shape index (κ3) is 2.53. The molecule has 1 aliphatic rings. The summed E-state index contributed by atoms with van der Waals surface area (Å²) < 4.78 is 26.9. The molecule has 1 aromatic carbocycles. The molecule has 2 rings (SSSR count). The summed E-state index contributed by atoms with van der Waals surface area (Å²) in [7, 11) is 0. The molecular weight excluding hydrogens is 196 g/mol. The molecular formula is C12H15F2N. The predicted octanol–water partition coefficient (Wildman–Crippen LogP) is 2.98. The summed E-state index contributed by atoms with van der Waals surface area (Å²) in [5.74, 6) is -0.369. The highest BCUT2D eigenvalue weighted by Crippen LogP contribution is 2.26. The molecule has 2 atom stereocenters. The maximum Gasteiger partial charge on any atom is 0.140 e. The first-order valence-electron chi connectivity index (χ1n) is 5.40. The Hall–Kier alpha value is -0.960. The molecule has 0 amide bonds. The molecule has 1 N–H and O–H groups in total. The molecule has 0 bridgehead atoms. The van der Waals surface area contributed by atoms with Crippen LogP contribution in [0, 0.1) is 5.82 Å². The molecule has 1 heterocycles. The van der Waals surface area contributed by atoms with Gasteiger partial charge in [-0.3, -0.25) is 0 Å². The quantitative estimate of drug-likeness (QED) is 0.793. The largest absolute Gasteiger partial charge is 0.311 e. The lowest BCUT2D eigenvalue weighted by molar-refractivity contribution is 0.221. The zero-order chi connectivity index (χ0) is 10.7. The van der Waals surface area contributed by atoms with Crippen molar-refractivity contribution in [1.82, 2.24) is 5.32 Å². The van der Waals surface area contributed by atoms with Gasteiger partial charge in [-0.15, -0.1) is 0 Å². The second-order valence-electron chi connectivity index (χ2n) is 4.01. The maximum atomic E-state index is 14.0. The number of hydrogen-bond donors (Lipinski definition) is 1. The van der Waals surface area contributed by atoms with Gasteiger partial charge in [-0.05, 0) is 37.1 Å². The summed E-state index contributed by atoms with van der Waals surface area (Å²) in [6.07, 6.45) is 1.89. The van der Waals surface area contributed by atoms with Crippen molar-refractivity contribution in [3.8, 4) is 0 Å². The first-order valence-corrected chi connectivity index (χ1v) is 5.40. The number of piperidine rings is 1. The highest BCUT2D eigenvalue weighted by molar-refractivity contribution is 5.20. The van der Waals surface area contributed by atoms with Gasteiger partial charge in [0.25, 0.3) is 0 Å². The summed E-state index contributed by atoms with van der Waals surface area (Å²) >= 11 is 0. The van der Waals surface area contributed by atoms with E-state index in [1.165, 1.54) is 12.1 Å². The molecule has 1 saturated heterocycles. The fourth-order valence-corrected chi connectivity index (χ4v) is 2.04. The summed E-state index contributed by atoms with van der Waals surface area (Å²) in [5.41, 5.74) is 0.439. The lowest BCUT2D eigenvalue weighted by atomic mass is 9.96. The standard InChI is InChI=1S/C12H15F2N/c13-10-5-3-4-9(8-10)12(14)11-6-1-2-7-15-11/h3-5,8,11-12,15H,1-2,6-7H2. The van der Waals surface area contributed by atoms with E-state index >= 15 is 0 Å². The molecule has 82 valence electrons. The molecule has 0 saturated carbocycles. The van der Waals surface area contributed by atoms with E-state index in [4.69, 9.17) is 0 Å². The molecule has 0 aliphatic carbocycles. The Labute approximate surface area is 88.5 Å². The van der Waals surface area contributed by atoms with Crippen LogP contribution < -0.4 is 5.32 Å². The van der Waals surface area contributed by atoms with Gasteiger partial charge in [0.1, 0.15) is 12.0 Å². The van der Waals surface area contributed by atoms with Gasteiger partial charge in [-0.1, -0.05) is 18.6 Å². The SMILES string of the molecule is Fc1cccc(C(F)C2CCCCN2)c1. The van der Waals surface area contributed by atoms with Gasteiger partial charge in [0.15, 0.2) is 0 Å². The molecule has 0 spiro atoms. The van der Waals surface area contributed by atoms with E-state index in [1.54, 1.807) is 12.1 Å². The third-order valence-electron chi connectivity index (χ3n) is 2.87. The highest BCUT2D eigenvalue weighted by Gasteiger charge is 2.24. The van der Waals surface area contributed by atoms with Crippen LogP contribution in [0.4, 0.5) is 8.78 Å². The van der Waals surface area contributed by atoms with Crippen LogP contribution in [0.3, 0.4) is 0 Å². The van der Waals surface area contributed by atoms with Crippen LogP contribution >= 0.6 is 0 Å². The molecule has 1 aromatic rings. The Morgan fingerprint density at radius 2 is 2.20 bits per heavy atom. The van der Waals surface area contributed by atoms with Gasteiger partial charge in [0.05, 0.1) is 0 Å². The van der Waals surface area contributed by atoms with Gasteiger partial charge < -0.3 is 5.32 Å². The number of nitrogens with one attached hydrogen (secondary N) is 1. The average Bonchev–Trinajstić information content (AvgIpc) is 2.29. The van der Waals surface area contributed by atoms with Crippen molar-refractivity contribution in [1.29, 1.82) is 0 Å². The first-order chi connectivity index (χ1) is 7.27. The minimum Gasteiger partial charge on any atom is -0.311 e. The predicted molar refractivity (Wildman–Crippen MR) is 55.9 cm³/mol. The molecule has 1 aliphatic heterocycles. The summed E-state index contributed by atoms with van der Waals surface area (Å²) in [6.45, 7) is 0.862. The number of rotatable bonds is 2. The molecule has 0 radical (unpaired) electrons. The minimum absolute atomic E-state index is 0.152. The average molecular weight is 211 g/mol. The fraction of sp³-hybridized carbons (Fsp3) is 0.500. The molecule has 0 aromatic heterocycles. The normalized spacial score (nSPS) is 23.7. The summed E-state index contributed by atoms with van der Waals surface area (Å²) in [4.78, 5) is 0. The monoisotopic (exact) mass is 211 g/mol. The van der Waals surface area contributed by atoms with Crippen molar-refractivity contribution in [2.45, 2.75) is 31.5 Å². The van der Waals surface area contributed by atoms with E-state index in [1.807, 2.05) is 0 Å². The molecule has 15 heavy (non-hydrogen) atoms. The van der Waals surface area contributed by atoms with E-state index in [2.05, 4.69) is 5.32 Å². The maximum absolute atomic E-state index is 14.0. The van der Waals surface area contributed by atoms with Crippen molar-refractivity contribution >= 4 is 0 Å². The minimum atomic E-state index is -1.10. The zero-order valence-corrected chi connectivity index (χ0v) is 8.55. The van der Waals surface area contributed by atoms with Gasteiger partial charge >= 0.3 is 0 Å². The molecule has 2 unspecified atom stereocenters.